The molecule has 0 bridgehead atoms. The zero-order valence-corrected chi connectivity index (χ0v) is 20.6. The predicted molar refractivity (Wildman–Crippen MR) is 159 cm³/mol. The fourth-order valence-electron chi connectivity index (χ4n) is 5.67. The lowest BCUT2D eigenvalue weighted by Gasteiger charge is -2.13. The van der Waals surface area contributed by atoms with Gasteiger partial charge in [-0.2, -0.15) is 0 Å². The average molecular weight is 475 g/mol. The molecule has 0 saturated carbocycles. The summed E-state index contributed by atoms with van der Waals surface area (Å²) in [4.78, 5) is 0. The van der Waals surface area contributed by atoms with Gasteiger partial charge in [-0.05, 0) is 58.7 Å². The number of para-hydroxylation sites is 1. The summed E-state index contributed by atoms with van der Waals surface area (Å²) in [5.74, 6) is 0. The van der Waals surface area contributed by atoms with Gasteiger partial charge in [0.1, 0.15) is 0 Å². The van der Waals surface area contributed by atoms with Crippen molar-refractivity contribution in [3.63, 3.8) is 0 Å². The monoisotopic (exact) mass is 474 g/mol. The van der Waals surface area contributed by atoms with Gasteiger partial charge < -0.3 is 10.3 Å². The predicted octanol–water partition coefficient (Wildman–Crippen LogP) is 9.08. The van der Waals surface area contributed by atoms with Gasteiger partial charge in [-0.1, -0.05) is 103 Å². The Balaban J connectivity index is 1.54. The Hall–Kier alpha value is -4.82. The van der Waals surface area contributed by atoms with E-state index in [1.54, 1.807) is 0 Å². The van der Waals surface area contributed by atoms with E-state index in [1.807, 2.05) is 13.0 Å². The molecule has 1 heterocycles. The van der Waals surface area contributed by atoms with E-state index in [-0.39, 0.29) is 0 Å². The summed E-state index contributed by atoms with van der Waals surface area (Å²) in [5.41, 5.74) is 14.1. The molecule has 2 nitrogen and oxygen atoms in total. The molecule has 0 aliphatic rings. The molecule has 0 fully saturated rings. The molecule has 2 N–H and O–H groups in total. The van der Waals surface area contributed by atoms with E-state index in [0.717, 1.165) is 11.3 Å². The first-order valence-corrected chi connectivity index (χ1v) is 12.7. The number of fused-ring (bicyclic) bond motifs is 6. The van der Waals surface area contributed by atoms with E-state index >= 15 is 0 Å². The molecule has 1 aromatic heterocycles. The quantitative estimate of drug-likeness (QED) is 0.272. The number of benzene rings is 6. The Labute approximate surface area is 215 Å². The molecule has 0 atom stereocenters. The molecule has 0 aliphatic carbocycles. The highest BCUT2D eigenvalue weighted by Crippen LogP contribution is 2.39. The van der Waals surface area contributed by atoms with Crippen LogP contribution in [-0.4, -0.2) is 4.57 Å². The standard InChI is InChI=1S/C35H26N2/c1-2-32(36)27-12-7-11-24(22-27)25-17-19-29-26(21-25)18-20-31-30-14-5-6-15-34(30)37(35(29)31)33-16-8-10-23-9-3-4-13-28(23)33/h2-22H,36H2,1H3/b32-2-. The van der Waals surface area contributed by atoms with Crippen LogP contribution in [-0.2, 0) is 0 Å². The Morgan fingerprint density at radius 3 is 2.22 bits per heavy atom. The highest BCUT2D eigenvalue weighted by Gasteiger charge is 2.16. The molecule has 0 unspecified atom stereocenters. The summed E-state index contributed by atoms with van der Waals surface area (Å²) >= 11 is 0. The largest absolute Gasteiger partial charge is 0.399 e. The molecule has 7 rings (SSSR count). The molecule has 0 radical (unpaired) electrons. The molecule has 7 aromatic rings. The minimum Gasteiger partial charge on any atom is -0.399 e. The van der Waals surface area contributed by atoms with E-state index in [1.165, 1.54) is 60.2 Å². The van der Waals surface area contributed by atoms with Gasteiger partial charge in [0.2, 0.25) is 0 Å². The van der Waals surface area contributed by atoms with Crippen molar-refractivity contribution in [1.82, 2.24) is 4.57 Å². The van der Waals surface area contributed by atoms with Crippen molar-refractivity contribution in [1.29, 1.82) is 0 Å². The van der Waals surface area contributed by atoms with Gasteiger partial charge in [0, 0.05) is 27.2 Å². The zero-order chi connectivity index (χ0) is 24.9. The number of aromatic nitrogens is 1. The Kier molecular flexibility index (Phi) is 4.87. The van der Waals surface area contributed by atoms with E-state index in [2.05, 4.69) is 126 Å². The SMILES string of the molecule is C/C=C(\N)c1cccc(-c2ccc3c(ccc4c5ccccc5n(-c5cccc6ccccc56)c34)c2)c1. The maximum atomic E-state index is 6.20. The topological polar surface area (TPSA) is 30.9 Å². The fraction of sp³-hybridized carbons (Fsp3) is 0.0286. The first-order chi connectivity index (χ1) is 18.2. The van der Waals surface area contributed by atoms with E-state index in [9.17, 15) is 0 Å². The van der Waals surface area contributed by atoms with Crippen molar-refractivity contribution in [3.8, 4) is 16.8 Å². The number of hydrogen-bond acceptors (Lipinski definition) is 1. The molecule has 6 aromatic carbocycles. The van der Waals surface area contributed by atoms with Crippen LogP contribution in [0.15, 0.2) is 127 Å². The average Bonchev–Trinajstić information content (AvgIpc) is 3.31. The van der Waals surface area contributed by atoms with Gasteiger partial charge in [-0.15, -0.1) is 0 Å². The molecule has 2 heteroatoms. The normalized spacial score (nSPS) is 12.2. The van der Waals surface area contributed by atoms with Crippen LogP contribution in [0.1, 0.15) is 12.5 Å². The van der Waals surface area contributed by atoms with Crippen molar-refractivity contribution < 1.29 is 0 Å². The van der Waals surface area contributed by atoms with Crippen LogP contribution in [0.3, 0.4) is 0 Å². The van der Waals surface area contributed by atoms with Crippen molar-refractivity contribution in [2.75, 3.05) is 0 Å². The molecule has 37 heavy (non-hydrogen) atoms. The minimum atomic E-state index is 0.795. The van der Waals surface area contributed by atoms with Gasteiger partial charge in [0.05, 0.1) is 16.7 Å². The highest BCUT2D eigenvalue weighted by molar-refractivity contribution is 6.19. The van der Waals surface area contributed by atoms with Gasteiger partial charge >= 0.3 is 0 Å². The summed E-state index contributed by atoms with van der Waals surface area (Å²) < 4.78 is 2.45. The van der Waals surface area contributed by atoms with Crippen molar-refractivity contribution >= 4 is 49.0 Å². The van der Waals surface area contributed by atoms with E-state index in [0.29, 0.717) is 0 Å². The van der Waals surface area contributed by atoms with Crippen LogP contribution in [0.25, 0.3) is 65.9 Å². The number of rotatable bonds is 3. The van der Waals surface area contributed by atoms with E-state index in [4.69, 9.17) is 5.73 Å². The summed E-state index contributed by atoms with van der Waals surface area (Å²) in [7, 11) is 0. The highest BCUT2D eigenvalue weighted by atomic mass is 15.0. The lowest BCUT2D eigenvalue weighted by Crippen LogP contribution is -1.96. The molecule has 0 saturated heterocycles. The third kappa shape index (κ3) is 3.34. The van der Waals surface area contributed by atoms with Gasteiger partial charge in [0.25, 0.3) is 0 Å². The lowest BCUT2D eigenvalue weighted by atomic mass is 9.97. The summed E-state index contributed by atoms with van der Waals surface area (Å²) in [5, 5.41) is 7.50. The van der Waals surface area contributed by atoms with Crippen molar-refractivity contribution in [3.05, 3.63) is 133 Å². The molecule has 176 valence electrons. The second kappa shape index (κ2) is 8.39. The molecule has 0 spiro atoms. The lowest BCUT2D eigenvalue weighted by molar-refractivity contribution is 1.20. The molecular weight excluding hydrogens is 448 g/mol. The summed E-state index contributed by atoms with van der Waals surface area (Å²) in [6.07, 6.45) is 1.95. The fourth-order valence-corrected chi connectivity index (χ4v) is 5.67. The van der Waals surface area contributed by atoms with Crippen LogP contribution in [0.5, 0.6) is 0 Å². The van der Waals surface area contributed by atoms with Crippen LogP contribution in [0.2, 0.25) is 0 Å². The Morgan fingerprint density at radius 2 is 1.32 bits per heavy atom. The van der Waals surface area contributed by atoms with Gasteiger partial charge in [-0.25, -0.2) is 0 Å². The molecular formula is C35H26N2. The van der Waals surface area contributed by atoms with Crippen LogP contribution in [0, 0.1) is 0 Å². The first-order valence-electron chi connectivity index (χ1n) is 12.7. The second-order valence-corrected chi connectivity index (χ2v) is 9.57. The Bertz CT molecular complexity index is 2000. The van der Waals surface area contributed by atoms with Gasteiger partial charge in [-0.3, -0.25) is 0 Å². The van der Waals surface area contributed by atoms with E-state index < -0.39 is 0 Å². The van der Waals surface area contributed by atoms with Crippen molar-refractivity contribution in [2.24, 2.45) is 5.73 Å². The number of nitrogens with zero attached hydrogens (tertiary/aromatic N) is 1. The molecule has 0 amide bonds. The first kappa shape index (κ1) is 21.5. The maximum absolute atomic E-state index is 6.20. The smallest absolute Gasteiger partial charge is 0.0619 e. The third-order valence-electron chi connectivity index (χ3n) is 7.50. The van der Waals surface area contributed by atoms with Crippen LogP contribution in [0.4, 0.5) is 0 Å². The van der Waals surface area contributed by atoms with Crippen LogP contribution >= 0.6 is 0 Å². The summed E-state index contributed by atoms with van der Waals surface area (Å²) in [6.45, 7) is 1.97. The number of hydrogen-bond donors (Lipinski definition) is 1. The summed E-state index contributed by atoms with van der Waals surface area (Å²) in [6, 6.07) is 43.7. The number of nitrogens with two attached hydrogens (primary N) is 1. The third-order valence-corrected chi connectivity index (χ3v) is 7.50. The van der Waals surface area contributed by atoms with Crippen LogP contribution < -0.4 is 5.73 Å². The van der Waals surface area contributed by atoms with Crippen molar-refractivity contribution in [2.45, 2.75) is 6.92 Å². The Morgan fingerprint density at radius 1 is 0.595 bits per heavy atom. The maximum Gasteiger partial charge on any atom is 0.0619 e. The second-order valence-electron chi connectivity index (χ2n) is 9.57. The number of allylic oxidation sites excluding steroid dienone is 1. The minimum absolute atomic E-state index is 0.795. The zero-order valence-electron chi connectivity index (χ0n) is 20.6. The molecule has 0 aliphatic heterocycles. The van der Waals surface area contributed by atoms with Gasteiger partial charge in [0.15, 0.2) is 0 Å².